The summed E-state index contributed by atoms with van der Waals surface area (Å²) in [4.78, 5) is 0. The second-order valence-electron chi connectivity index (χ2n) is 5.62. The third-order valence-electron chi connectivity index (χ3n) is 3.83. The zero-order valence-corrected chi connectivity index (χ0v) is 12.9. The van der Waals surface area contributed by atoms with E-state index in [0.29, 0.717) is 5.75 Å². The molecule has 0 spiro atoms. The topological polar surface area (TPSA) is 69.4 Å². The van der Waals surface area contributed by atoms with Crippen LogP contribution in [0.4, 0.5) is 0 Å². The summed E-state index contributed by atoms with van der Waals surface area (Å²) in [5.74, 6) is 0.758. The van der Waals surface area contributed by atoms with Gasteiger partial charge in [-0.1, -0.05) is 6.07 Å². The SMILES string of the molecule is CC(C)S(=O)(=O)CCOc1ccc2c(c1)[C@H](N)CCC2. The minimum atomic E-state index is -3.05. The molecule has 1 atom stereocenters. The smallest absolute Gasteiger partial charge is 0.155 e. The molecule has 0 saturated heterocycles. The Labute approximate surface area is 121 Å². The predicted molar refractivity (Wildman–Crippen MR) is 80.7 cm³/mol. The third kappa shape index (κ3) is 3.52. The van der Waals surface area contributed by atoms with Gasteiger partial charge >= 0.3 is 0 Å². The number of fused-ring (bicyclic) bond motifs is 1. The van der Waals surface area contributed by atoms with Crippen LogP contribution >= 0.6 is 0 Å². The first kappa shape index (κ1) is 15.3. The van der Waals surface area contributed by atoms with Crippen LogP contribution in [0.1, 0.15) is 43.9 Å². The average Bonchev–Trinajstić information content (AvgIpc) is 2.39. The van der Waals surface area contributed by atoms with E-state index in [4.69, 9.17) is 10.5 Å². The lowest BCUT2D eigenvalue weighted by molar-refractivity contribution is 0.339. The predicted octanol–water partition coefficient (Wildman–Crippen LogP) is 2.22. The van der Waals surface area contributed by atoms with E-state index < -0.39 is 9.84 Å². The first-order valence-corrected chi connectivity index (χ1v) is 8.84. The number of hydrogen-bond donors (Lipinski definition) is 1. The Balaban J connectivity index is 1.99. The van der Waals surface area contributed by atoms with Gasteiger partial charge in [-0.05, 0) is 56.4 Å². The quantitative estimate of drug-likeness (QED) is 0.905. The molecule has 0 unspecified atom stereocenters. The molecular weight excluding hydrogens is 274 g/mol. The molecule has 0 fully saturated rings. The van der Waals surface area contributed by atoms with Gasteiger partial charge in [0.1, 0.15) is 12.4 Å². The Morgan fingerprint density at radius 1 is 1.40 bits per heavy atom. The van der Waals surface area contributed by atoms with E-state index in [0.717, 1.165) is 24.8 Å². The summed E-state index contributed by atoms with van der Waals surface area (Å²) in [6, 6.07) is 5.97. The van der Waals surface area contributed by atoms with Crippen LogP contribution in [-0.4, -0.2) is 26.0 Å². The Morgan fingerprint density at radius 2 is 2.15 bits per heavy atom. The molecule has 0 bridgehead atoms. The van der Waals surface area contributed by atoms with Gasteiger partial charge in [-0.2, -0.15) is 0 Å². The van der Waals surface area contributed by atoms with Gasteiger partial charge in [0, 0.05) is 6.04 Å². The van der Waals surface area contributed by atoms with E-state index in [2.05, 4.69) is 0 Å². The number of nitrogens with two attached hydrogens (primary N) is 1. The molecule has 112 valence electrons. The lowest BCUT2D eigenvalue weighted by atomic mass is 9.88. The Bertz CT molecular complexity index is 566. The fraction of sp³-hybridized carbons (Fsp3) is 0.600. The number of sulfone groups is 1. The first-order chi connectivity index (χ1) is 9.40. The van der Waals surface area contributed by atoms with Crippen LogP contribution in [-0.2, 0) is 16.3 Å². The Kier molecular flexibility index (Phi) is 4.70. The van der Waals surface area contributed by atoms with Crippen LogP contribution < -0.4 is 10.5 Å². The maximum absolute atomic E-state index is 11.7. The van der Waals surface area contributed by atoms with E-state index in [9.17, 15) is 8.42 Å². The van der Waals surface area contributed by atoms with Gasteiger partial charge in [-0.3, -0.25) is 0 Å². The van der Waals surface area contributed by atoms with Crippen molar-refractivity contribution in [3.8, 4) is 5.75 Å². The molecule has 0 aromatic heterocycles. The summed E-state index contributed by atoms with van der Waals surface area (Å²) < 4.78 is 29.0. The van der Waals surface area contributed by atoms with Crippen LogP contribution in [0.5, 0.6) is 5.75 Å². The number of hydrogen-bond acceptors (Lipinski definition) is 4. The Hall–Kier alpha value is -1.07. The summed E-state index contributed by atoms with van der Waals surface area (Å²) in [7, 11) is -3.05. The van der Waals surface area contributed by atoms with E-state index in [1.165, 1.54) is 5.56 Å². The van der Waals surface area contributed by atoms with Crippen LogP contribution in [0.2, 0.25) is 0 Å². The van der Waals surface area contributed by atoms with Gasteiger partial charge in [-0.25, -0.2) is 8.42 Å². The van der Waals surface area contributed by atoms with Crippen molar-refractivity contribution in [2.45, 2.75) is 44.4 Å². The van der Waals surface area contributed by atoms with Crippen molar-refractivity contribution in [2.24, 2.45) is 5.73 Å². The molecule has 1 aliphatic carbocycles. The minimum absolute atomic E-state index is 0.0494. The second kappa shape index (κ2) is 6.14. The van der Waals surface area contributed by atoms with E-state index in [-0.39, 0.29) is 23.7 Å². The molecule has 5 heteroatoms. The van der Waals surface area contributed by atoms with E-state index in [1.807, 2.05) is 18.2 Å². The monoisotopic (exact) mass is 297 g/mol. The molecule has 0 radical (unpaired) electrons. The number of rotatable bonds is 5. The van der Waals surface area contributed by atoms with Gasteiger partial charge < -0.3 is 10.5 Å². The highest BCUT2D eigenvalue weighted by Crippen LogP contribution is 2.30. The summed E-state index contributed by atoms with van der Waals surface area (Å²) in [5.41, 5.74) is 8.52. The maximum Gasteiger partial charge on any atom is 0.155 e. The van der Waals surface area contributed by atoms with Crippen LogP contribution in [0.15, 0.2) is 18.2 Å². The zero-order chi connectivity index (χ0) is 14.8. The first-order valence-electron chi connectivity index (χ1n) is 7.13. The second-order valence-corrected chi connectivity index (χ2v) is 8.30. The molecule has 1 aliphatic rings. The van der Waals surface area contributed by atoms with Crippen molar-refractivity contribution in [1.29, 1.82) is 0 Å². The molecule has 2 rings (SSSR count). The average molecular weight is 297 g/mol. The highest BCUT2D eigenvalue weighted by molar-refractivity contribution is 7.91. The molecule has 4 nitrogen and oxygen atoms in total. The standard InChI is InChI=1S/C15H23NO3S/c1-11(2)20(17,18)9-8-19-13-7-6-12-4-3-5-15(16)14(12)10-13/h6-7,10-11,15H,3-5,8-9,16H2,1-2H3/t15-/m1/s1. The zero-order valence-electron chi connectivity index (χ0n) is 12.1. The third-order valence-corrected chi connectivity index (χ3v) is 6.01. The highest BCUT2D eigenvalue weighted by Gasteiger charge is 2.18. The molecular formula is C15H23NO3S. The normalized spacial score (nSPS) is 18.9. The Morgan fingerprint density at radius 3 is 2.85 bits per heavy atom. The van der Waals surface area contributed by atoms with Gasteiger partial charge in [-0.15, -0.1) is 0 Å². The number of ether oxygens (including phenoxy) is 1. The van der Waals surface area contributed by atoms with Crippen molar-refractivity contribution in [2.75, 3.05) is 12.4 Å². The minimum Gasteiger partial charge on any atom is -0.493 e. The van der Waals surface area contributed by atoms with Gasteiger partial charge in [0.25, 0.3) is 0 Å². The van der Waals surface area contributed by atoms with Crippen molar-refractivity contribution < 1.29 is 13.2 Å². The molecule has 2 N–H and O–H groups in total. The van der Waals surface area contributed by atoms with Crippen molar-refractivity contribution >= 4 is 9.84 Å². The molecule has 1 aromatic carbocycles. The molecule has 0 amide bonds. The fourth-order valence-electron chi connectivity index (χ4n) is 2.41. The largest absolute Gasteiger partial charge is 0.493 e. The van der Waals surface area contributed by atoms with Crippen molar-refractivity contribution in [3.63, 3.8) is 0 Å². The maximum atomic E-state index is 11.7. The summed E-state index contributed by atoms with van der Waals surface area (Å²) in [6.07, 6.45) is 3.18. The van der Waals surface area contributed by atoms with Gasteiger partial charge in [0.05, 0.1) is 11.0 Å². The summed E-state index contributed by atoms with van der Waals surface area (Å²) in [5, 5.41) is -0.358. The molecule has 0 saturated carbocycles. The van der Waals surface area contributed by atoms with Crippen molar-refractivity contribution in [3.05, 3.63) is 29.3 Å². The highest BCUT2D eigenvalue weighted by atomic mass is 32.2. The van der Waals surface area contributed by atoms with Crippen LogP contribution in [0, 0.1) is 0 Å². The molecule has 1 aromatic rings. The van der Waals surface area contributed by atoms with E-state index >= 15 is 0 Å². The lowest BCUT2D eigenvalue weighted by Crippen LogP contribution is -2.22. The number of aryl methyl sites for hydroxylation is 1. The van der Waals surface area contributed by atoms with Crippen LogP contribution in [0.3, 0.4) is 0 Å². The van der Waals surface area contributed by atoms with E-state index in [1.54, 1.807) is 13.8 Å². The summed E-state index contributed by atoms with van der Waals surface area (Å²) >= 11 is 0. The van der Waals surface area contributed by atoms with Crippen molar-refractivity contribution in [1.82, 2.24) is 0 Å². The van der Waals surface area contributed by atoms with Crippen LogP contribution in [0.25, 0.3) is 0 Å². The number of benzene rings is 1. The lowest BCUT2D eigenvalue weighted by Gasteiger charge is -2.22. The molecule has 0 heterocycles. The van der Waals surface area contributed by atoms with Gasteiger partial charge in [0.15, 0.2) is 9.84 Å². The molecule has 0 aliphatic heterocycles. The molecule has 20 heavy (non-hydrogen) atoms. The fourth-order valence-corrected chi connectivity index (χ4v) is 3.20. The van der Waals surface area contributed by atoms with Gasteiger partial charge in [0.2, 0.25) is 0 Å². The summed E-state index contributed by atoms with van der Waals surface area (Å²) in [6.45, 7) is 3.56.